The van der Waals surface area contributed by atoms with E-state index in [0.717, 1.165) is 11.0 Å². The highest BCUT2D eigenvalue weighted by molar-refractivity contribution is 7.98. The number of aromatic amines is 1. The first-order valence-corrected chi connectivity index (χ1v) is 8.54. The second-order valence-corrected chi connectivity index (χ2v) is 6.21. The Balaban J connectivity index is 1.88. The normalized spacial score (nSPS) is 11.5. The molecule has 24 heavy (non-hydrogen) atoms. The number of nitrogens with zero attached hydrogens (tertiary/aromatic N) is 3. The van der Waals surface area contributed by atoms with E-state index in [1.807, 2.05) is 6.92 Å². The molecule has 0 aliphatic rings. The SMILES string of the molecule is CCCc1cc(=O)[nH]c(SCc2nc3ccccc3n2C(F)F)n1. The van der Waals surface area contributed by atoms with Crippen LogP contribution in [0.15, 0.2) is 40.3 Å². The Morgan fingerprint density at radius 3 is 2.83 bits per heavy atom. The summed E-state index contributed by atoms with van der Waals surface area (Å²) in [5, 5.41) is 0.416. The van der Waals surface area contributed by atoms with Gasteiger partial charge in [0.05, 0.1) is 16.8 Å². The van der Waals surface area contributed by atoms with Crippen LogP contribution in [0.5, 0.6) is 0 Å². The van der Waals surface area contributed by atoms with Crippen LogP contribution in [0.2, 0.25) is 0 Å². The maximum Gasteiger partial charge on any atom is 0.320 e. The number of hydrogen-bond donors (Lipinski definition) is 1. The third kappa shape index (κ3) is 3.48. The Hall–Kier alpha value is -2.22. The Kier molecular flexibility index (Phi) is 4.94. The van der Waals surface area contributed by atoms with Gasteiger partial charge in [-0.25, -0.2) is 9.97 Å². The van der Waals surface area contributed by atoms with E-state index in [4.69, 9.17) is 0 Å². The van der Waals surface area contributed by atoms with Gasteiger partial charge in [-0.05, 0) is 18.6 Å². The van der Waals surface area contributed by atoms with Crippen LogP contribution >= 0.6 is 11.8 Å². The molecule has 3 aromatic rings. The van der Waals surface area contributed by atoms with Crippen LogP contribution in [0, 0.1) is 0 Å². The minimum atomic E-state index is -2.67. The minimum Gasteiger partial charge on any atom is -0.301 e. The van der Waals surface area contributed by atoms with E-state index in [0.29, 0.717) is 28.3 Å². The number of para-hydroxylation sites is 2. The van der Waals surface area contributed by atoms with Crippen molar-refractivity contribution in [1.82, 2.24) is 19.5 Å². The topological polar surface area (TPSA) is 63.6 Å². The number of rotatable bonds is 6. The van der Waals surface area contributed by atoms with Crippen molar-refractivity contribution < 1.29 is 8.78 Å². The molecule has 0 aliphatic carbocycles. The van der Waals surface area contributed by atoms with Crippen LogP contribution in [-0.2, 0) is 12.2 Å². The molecule has 3 rings (SSSR count). The van der Waals surface area contributed by atoms with Crippen molar-refractivity contribution in [2.24, 2.45) is 0 Å². The molecule has 0 atom stereocenters. The van der Waals surface area contributed by atoms with Gasteiger partial charge in [0.2, 0.25) is 0 Å². The molecule has 1 N–H and O–H groups in total. The fourth-order valence-corrected chi connectivity index (χ4v) is 3.31. The molecule has 5 nitrogen and oxygen atoms in total. The van der Waals surface area contributed by atoms with Crippen LogP contribution < -0.4 is 5.56 Å². The van der Waals surface area contributed by atoms with Gasteiger partial charge in [-0.1, -0.05) is 37.2 Å². The molecular weight excluding hydrogens is 334 g/mol. The third-order valence-electron chi connectivity index (χ3n) is 3.48. The van der Waals surface area contributed by atoms with E-state index in [-0.39, 0.29) is 17.1 Å². The standard InChI is InChI=1S/C16H16F2N4OS/c1-2-5-10-8-14(23)21-16(19-10)24-9-13-20-11-6-3-4-7-12(11)22(13)15(17)18/h3-4,6-8,15H,2,5,9H2,1H3,(H,19,21,23). The molecule has 0 unspecified atom stereocenters. The highest BCUT2D eigenvalue weighted by atomic mass is 32.2. The predicted molar refractivity (Wildman–Crippen MR) is 89.4 cm³/mol. The maximum absolute atomic E-state index is 13.4. The molecule has 8 heteroatoms. The fourth-order valence-electron chi connectivity index (χ4n) is 2.48. The quantitative estimate of drug-likeness (QED) is 0.543. The second-order valence-electron chi connectivity index (χ2n) is 5.24. The van der Waals surface area contributed by atoms with Gasteiger partial charge in [-0.2, -0.15) is 8.78 Å². The summed E-state index contributed by atoms with van der Waals surface area (Å²) in [5.74, 6) is 0.442. The number of H-pyrrole nitrogens is 1. The van der Waals surface area contributed by atoms with Gasteiger partial charge in [-0.3, -0.25) is 9.36 Å². The number of hydrogen-bond acceptors (Lipinski definition) is 4. The lowest BCUT2D eigenvalue weighted by molar-refractivity contribution is 0.0722. The Morgan fingerprint density at radius 2 is 2.08 bits per heavy atom. The van der Waals surface area contributed by atoms with Crippen molar-refractivity contribution in [2.45, 2.75) is 37.2 Å². The van der Waals surface area contributed by atoms with Crippen molar-refractivity contribution in [3.63, 3.8) is 0 Å². The number of nitrogens with one attached hydrogen (secondary N) is 1. The van der Waals surface area contributed by atoms with Crippen LogP contribution in [0.3, 0.4) is 0 Å². The molecule has 0 aliphatic heterocycles. The van der Waals surface area contributed by atoms with Crippen LogP contribution in [0.4, 0.5) is 8.78 Å². The van der Waals surface area contributed by atoms with Crippen molar-refractivity contribution >= 4 is 22.8 Å². The fraction of sp³-hybridized carbons (Fsp3) is 0.312. The van der Waals surface area contributed by atoms with E-state index < -0.39 is 6.55 Å². The molecule has 1 aromatic carbocycles. The summed E-state index contributed by atoms with van der Waals surface area (Å²) in [5.41, 5.74) is 1.38. The molecule has 0 radical (unpaired) electrons. The smallest absolute Gasteiger partial charge is 0.301 e. The van der Waals surface area contributed by atoms with Crippen LogP contribution in [-0.4, -0.2) is 19.5 Å². The summed E-state index contributed by atoms with van der Waals surface area (Å²) in [6, 6.07) is 8.24. The summed E-state index contributed by atoms with van der Waals surface area (Å²) >= 11 is 1.19. The average Bonchev–Trinajstić information content (AvgIpc) is 2.91. The molecule has 2 heterocycles. The number of aromatic nitrogens is 4. The number of alkyl halides is 2. The maximum atomic E-state index is 13.4. The van der Waals surface area contributed by atoms with Crippen molar-refractivity contribution in [3.05, 3.63) is 52.2 Å². The van der Waals surface area contributed by atoms with Crippen molar-refractivity contribution in [3.8, 4) is 0 Å². The van der Waals surface area contributed by atoms with Gasteiger partial charge >= 0.3 is 6.55 Å². The lowest BCUT2D eigenvalue weighted by atomic mass is 10.2. The predicted octanol–water partition coefficient (Wildman–Crippen LogP) is 3.76. The van der Waals surface area contributed by atoms with Gasteiger partial charge in [-0.15, -0.1) is 0 Å². The lowest BCUT2D eigenvalue weighted by Gasteiger charge is -2.07. The van der Waals surface area contributed by atoms with E-state index in [1.54, 1.807) is 24.3 Å². The monoisotopic (exact) mass is 350 g/mol. The molecule has 126 valence electrons. The Morgan fingerprint density at radius 1 is 1.29 bits per heavy atom. The summed E-state index contributed by atoms with van der Waals surface area (Å²) in [7, 11) is 0. The van der Waals surface area contributed by atoms with Crippen molar-refractivity contribution in [2.75, 3.05) is 0 Å². The Bertz CT molecular complexity index is 906. The lowest BCUT2D eigenvalue weighted by Crippen LogP contribution is -2.10. The van der Waals surface area contributed by atoms with E-state index in [9.17, 15) is 13.6 Å². The van der Waals surface area contributed by atoms with E-state index >= 15 is 0 Å². The molecule has 0 saturated carbocycles. The van der Waals surface area contributed by atoms with Gasteiger partial charge in [0.25, 0.3) is 5.56 Å². The first-order chi connectivity index (χ1) is 11.6. The zero-order valence-corrected chi connectivity index (χ0v) is 13.8. The summed E-state index contributed by atoms with van der Waals surface area (Å²) in [6.07, 6.45) is 1.58. The van der Waals surface area contributed by atoms with Crippen molar-refractivity contribution in [1.29, 1.82) is 0 Å². The largest absolute Gasteiger partial charge is 0.320 e. The minimum absolute atomic E-state index is 0.192. The molecule has 0 bridgehead atoms. The molecule has 2 aromatic heterocycles. The number of fused-ring (bicyclic) bond motifs is 1. The highest BCUT2D eigenvalue weighted by Crippen LogP contribution is 2.27. The van der Waals surface area contributed by atoms with Crippen LogP contribution in [0.25, 0.3) is 11.0 Å². The molecule has 0 fully saturated rings. The van der Waals surface area contributed by atoms with Gasteiger partial charge in [0.15, 0.2) is 5.16 Å². The zero-order chi connectivity index (χ0) is 17.1. The number of aryl methyl sites for hydroxylation is 1. The zero-order valence-electron chi connectivity index (χ0n) is 13.0. The van der Waals surface area contributed by atoms with Crippen LogP contribution in [0.1, 0.15) is 31.4 Å². The van der Waals surface area contributed by atoms with E-state index in [1.165, 1.54) is 17.8 Å². The van der Waals surface area contributed by atoms with Gasteiger partial charge in [0, 0.05) is 11.8 Å². The number of halogens is 2. The molecule has 0 amide bonds. The van der Waals surface area contributed by atoms with E-state index in [2.05, 4.69) is 15.0 Å². The van der Waals surface area contributed by atoms with Gasteiger partial charge < -0.3 is 4.98 Å². The second kappa shape index (κ2) is 7.12. The summed E-state index contributed by atoms with van der Waals surface area (Å²) in [4.78, 5) is 22.9. The number of imidazole rings is 1. The Labute approximate surface area is 141 Å². The summed E-state index contributed by atoms with van der Waals surface area (Å²) < 4.78 is 27.7. The average molecular weight is 350 g/mol. The highest BCUT2D eigenvalue weighted by Gasteiger charge is 2.17. The third-order valence-corrected chi connectivity index (χ3v) is 4.35. The first-order valence-electron chi connectivity index (χ1n) is 7.55. The van der Waals surface area contributed by atoms with Gasteiger partial charge in [0.1, 0.15) is 5.82 Å². The molecular formula is C16H16F2N4OS. The summed E-state index contributed by atoms with van der Waals surface area (Å²) in [6.45, 7) is -0.674. The number of thioether (sulfide) groups is 1. The number of benzene rings is 1. The molecule has 0 saturated heterocycles. The first kappa shape index (κ1) is 16.6. The molecule has 0 spiro atoms.